The normalized spacial score (nSPS) is 16.1. The van der Waals surface area contributed by atoms with Crippen LogP contribution in [0.1, 0.15) is 30.1 Å². The highest BCUT2D eigenvalue weighted by Crippen LogP contribution is 2.33. The van der Waals surface area contributed by atoms with Gasteiger partial charge in [-0.25, -0.2) is 13.2 Å². The highest BCUT2D eigenvalue weighted by atomic mass is 127. The number of anilines is 2. The molecule has 1 aliphatic rings. The van der Waals surface area contributed by atoms with Gasteiger partial charge in [-0.3, -0.25) is 4.79 Å². The summed E-state index contributed by atoms with van der Waals surface area (Å²) in [5, 5.41) is 13.2. The number of carbonyl (C=O) groups is 1. The van der Waals surface area contributed by atoms with E-state index >= 15 is 0 Å². The Morgan fingerprint density at radius 3 is 2.53 bits per heavy atom. The number of β-amino-alcohol motifs (C(OH)–C–C–N with tert-alkyl or cyclic N) is 1. The first-order valence-electron chi connectivity index (χ1n) is 10.4. The number of aliphatic hydroxyl groups is 1. The lowest BCUT2D eigenvalue weighted by Crippen LogP contribution is -2.63. The third-order valence-electron chi connectivity index (χ3n) is 5.55. The third-order valence-corrected chi connectivity index (χ3v) is 6.22. The minimum atomic E-state index is -1.26. The van der Waals surface area contributed by atoms with Crippen LogP contribution >= 0.6 is 22.6 Å². The molecule has 5 nitrogen and oxygen atoms in total. The summed E-state index contributed by atoms with van der Waals surface area (Å²) >= 11 is 1.93. The van der Waals surface area contributed by atoms with Gasteiger partial charge in [-0.2, -0.15) is 0 Å². The molecule has 2 aromatic carbocycles. The van der Waals surface area contributed by atoms with E-state index in [1.54, 1.807) is 6.07 Å². The minimum absolute atomic E-state index is 0.0704. The highest BCUT2D eigenvalue weighted by molar-refractivity contribution is 14.1. The van der Waals surface area contributed by atoms with Crippen molar-refractivity contribution < 1.29 is 23.1 Å². The monoisotopic (exact) mass is 561 g/mol. The number of amides is 1. The first-order chi connectivity index (χ1) is 15.0. The summed E-state index contributed by atoms with van der Waals surface area (Å²) in [7, 11) is 3.98. The maximum atomic E-state index is 14.6. The van der Waals surface area contributed by atoms with Crippen molar-refractivity contribution in [2.45, 2.75) is 25.4 Å². The van der Waals surface area contributed by atoms with Gasteiger partial charge in [0.05, 0.1) is 35.6 Å². The number of nitrogens with one attached hydrogen (secondary N) is 1. The number of hydrogen-bond acceptors (Lipinski definition) is 4. The molecule has 0 radical (unpaired) electrons. The molecular weight excluding hydrogens is 534 g/mol. The molecule has 1 amide bonds. The van der Waals surface area contributed by atoms with Gasteiger partial charge >= 0.3 is 0 Å². The number of benzene rings is 2. The fraction of sp³-hybridized carbons (Fsp3) is 0.435. The fourth-order valence-electron chi connectivity index (χ4n) is 3.94. The van der Waals surface area contributed by atoms with Crippen LogP contribution < -0.4 is 5.32 Å². The molecule has 0 saturated carbocycles. The molecular formula is C23H27F3IN3O2. The predicted octanol–water partition coefficient (Wildman–Crippen LogP) is 4.62. The van der Waals surface area contributed by atoms with Gasteiger partial charge in [-0.05, 0) is 85.8 Å². The Morgan fingerprint density at radius 2 is 1.91 bits per heavy atom. The van der Waals surface area contributed by atoms with Crippen LogP contribution in [0.4, 0.5) is 24.5 Å². The standard InChI is InChI=1S/C23H27F3IN3O2/c1-14(11-29(2)3)8-9-23(32)12-30(13-23)22(31)16-5-6-17(24)20(26)21(16)28-19-7-4-15(27)10-18(19)25/h4-7,10,14,28,32H,8-9,11-13H2,1-3H3. The van der Waals surface area contributed by atoms with E-state index in [1.165, 1.54) is 23.1 Å². The van der Waals surface area contributed by atoms with Crippen molar-refractivity contribution in [1.82, 2.24) is 9.80 Å². The minimum Gasteiger partial charge on any atom is -0.386 e. The average Bonchev–Trinajstić information content (AvgIpc) is 2.68. The molecule has 0 spiro atoms. The van der Waals surface area contributed by atoms with Crippen LogP contribution in [0.15, 0.2) is 30.3 Å². The molecule has 1 heterocycles. The van der Waals surface area contributed by atoms with Crippen molar-refractivity contribution in [3.05, 3.63) is 56.9 Å². The first-order valence-corrected chi connectivity index (χ1v) is 11.4. The number of likely N-dealkylation sites (tertiary alicyclic amines) is 1. The van der Waals surface area contributed by atoms with Crippen molar-refractivity contribution in [1.29, 1.82) is 0 Å². The molecule has 3 rings (SSSR count). The average molecular weight is 561 g/mol. The number of carbonyl (C=O) groups excluding carboxylic acids is 1. The van der Waals surface area contributed by atoms with E-state index in [0.29, 0.717) is 15.9 Å². The molecule has 1 atom stereocenters. The molecule has 2 aromatic rings. The van der Waals surface area contributed by atoms with E-state index in [4.69, 9.17) is 0 Å². The molecule has 1 saturated heterocycles. The topological polar surface area (TPSA) is 55.8 Å². The van der Waals surface area contributed by atoms with Crippen molar-refractivity contribution in [2.24, 2.45) is 5.92 Å². The first kappa shape index (κ1) is 24.8. The quantitative estimate of drug-likeness (QED) is 0.463. The molecule has 2 N–H and O–H groups in total. The van der Waals surface area contributed by atoms with Crippen LogP contribution in [0.25, 0.3) is 0 Å². The molecule has 1 unspecified atom stereocenters. The zero-order chi connectivity index (χ0) is 23.6. The van der Waals surface area contributed by atoms with E-state index in [1.807, 2.05) is 36.7 Å². The van der Waals surface area contributed by atoms with E-state index in [9.17, 15) is 23.1 Å². The summed E-state index contributed by atoms with van der Waals surface area (Å²) in [5.41, 5.74) is -1.61. The van der Waals surface area contributed by atoms with Crippen LogP contribution in [-0.2, 0) is 0 Å². The Morgan fingerprint density at radius 1 is 1.22 bits per heavy atom. The second kappa shape index (κ2) is 9.96. The van der Waals surface area contributed by atoms with E-state index in [-0.39, 0.29) is 24.3 Å². The lowest BCUT2D eigenvalue weighted by Gasteiger charge is -2.47. The summed E-state index contributed by atoms with van der Waals surface area (Å²) < 4.78 is 43.4. The Labute approximate surface area is 199 Å². The van der Waals surface area contributed by atoms with Gasteiger partial charge in [-0.15, -0.1) is 0 Å². The summed E-state index contributed by atoms with van der Waals surface area (Å²) in [5.74, 6) is -3.22. The second-order valence-corrected chi connectivity index (χ2v) is 10.1. The lowest BCUT2D eigenvalue weighted by atomic mass is 9.85. The zero-order valence-corrected chi connectivity index (χ0v) is 20.4. The molecule has 1 aliphatic heterocycles. The number of hydrogen-bond donors (Lipinski definition) is 2. The van der Waals surface area contributed by atoms with Crippen molar-refractivity contribution in [3.8, 4) is 0 Å². The van der Waals surface area contributed by atoms with Crippen molar-refractivity contribution in [2.75, 3.05) is 39.0 Å². The van der Waals surface area contributed by atoms with Gasteiger partial charge in [-0.1, -0.05) is 6.92 Å². The summed E-state index contributed by atoms with van der Waals surface area (Å²) in [6.07, 6.45) is 1.35. The van der Waals surface area contributed by atoms with Gasteiger partial charge < -0.3 is 20.2 Å². The van der Waals surface area contributed by atoms with Gasteiger partial charge in [0.25, 0.3) is 5.91 Å². The largest absolute Gasteiger partial charge is 0.386 e. The van der Waals surface area contributed by atoms with Crippen LogP contribution in [-0.4, -0.2) is 60.1 Å². The third kappa shape index (κ3) is 5.74. The summed E-state index contributed by atoms with van der Waals surface area (Å²) in [6.45, 7) is 3.22. The smallest absolute Gasteiger partial charge is 0.256 e. The van der Waals surface area contributed by atoms with Gasteiger partial charge in [0.1, 0.15) is 5.82 Å². The molecule has 1 fully saturated rings. The Bertz CT molecular complexity index is 997. The SMILES string of the molecule is CC(CCC1(O)CN(C(=O)c2ccc(F)c(F)c2Nc2ccc(I)cc2F)C1)CN(C)C. The van der Waals surface area contributed by atoms with Crippen molar-refractivity contribution >= 4 is 39.9 Å². The van der Waals surface area contributed by atoms with E-state index in [0.717, 1.165) is 19.0 Å². The van der Waals surface area contributed by atoms with Gasteiger partial charge in [0.15, 0.2) is 11.6 Å². The van der Waals surface area contributed by atoms with Crippen molar-refractivity contribution in [3.63, 3.8) is 0 Å². The van der Waals surface area contributed by atoms with Gasteiger partial charge in [0.2, 0.25) is 0 Å². The maximum absolute atomic E-state index is 14.6. The molecule has 174 valence electrons. The van der Waals surface area contributed by atoms with Crippen LogP contribution in [0, 0.1) is 26.9 Å². The molecule has 9 heteroatoms. The van der Waals surface area contributed by atoms with Crippen LogP contribution in [0.5, 0.6) is 0 Å². The number of halogens is 4. The summed E-state index contributed by atoms with van der Waals surface area (Å²) in [4.78, 5) is 16.5. The summed E-state index contributed by atoms with van der Waals surface area (Å²) in [6, 6.07) is 6.29. The molecule has 32 heavy (non-hydrogen) atoms. The molecule has 0 bridgehead atoms. The molecule has 0 aliphatic carbocycles. The number of nitrogens with zero attached hydrogens (tertiary/aromatic N) is 2. The molecule has 0 aromatic heterocycles. The maximum Gasteiger partial charge on any atom is 0.256 e. The van der Waals surface area contributed by atoms with Gasteiger partial charge in [0, 0.05) is 10.1 Å². The highest BCUT2D eigenvalue weighted by Gasteiger charge is 2.44. The predicted molar refractivity (Wildman–Crippen MR) is 127 cm³/mol. The lowest BCUT2D eigenvalue weighted by molar-refractivity contribution is -0.0886. The Kier molecular flexibility index (Phi) is 7.72. The number of rotatable bonds is 8. The zero-order valence-electron chi connectivity index (χ0n) is 18.3. The van der Waals surface area contributed by atoms with E-state index in [2.05, 4.69) is 17.1 Å². The van der Waals surface area contributed by atoms with Crippen LogP contribution in [0.3, 0.4) is 0 Å². The fourth-order valence-corrected chi connectivity index (χ4v) is 4.40. The second-order valence-electron chi connectivity index (χ2n) is 8.82. The van der Waals surface area contributed by atoms with Crippen LogP contribution in [0.2, 0.25) is 0 Å². The van der Waals surface area contributed by atoms with E-state index < -0.39 is 34.6 Å². The Balaban J connectivity index is 1.73. The Hall–Kier alpha value is -1.85.